The monoisotopic (exact) mass is 286 g/mol. The number of H-pyrrole nitrogens is 1. The molecule has 0 fully saturated rings. The predicted octanol–water partition coefficient (Wildman–Crippen LogP) is 1.32. The first-order valence-electron chi connectivity index (χ1n) is 6.68. The second-order valence-electron chi connectivity index (χ2n) is 4.80. The molecule has 1 aromatic heterocycles. The minimum atomic E-state index is -0.274. The molecule has 0 bridgehead atoms. The quantitative estimate of drug-likeness (QED) is 0.775. The molecule has 0 aliphatic heterocycles. The van der Waals surface area contributed by atoms with Crippen molar-refractivity contribution in [1.82, 2.24) is 15.5 Å². The van der Waals surface area contributed by atoms with Crippen LogP contribution in [0.5, 0.6) is 0 Å². The zero-order valence-corrected chi connectivity index (χ0v) is 12.1. The molecule has 3 N–H and O–H groups in total. The van der Waals surface area contributed by atoms with Crippen LogP contribution in [0.4, 0.5) is 5.69 Å². The first-order valence-corrected chi connectivity index (χ1v) is 6.68. The molecule has 0 saturated carbocycles. The first kappa shape index (κ1) is 14.8. The van der Waals surface area contributed by atoms with E-state index in [1.54, 1.807) is 6.92 Å². The van der Waals surface area contributed by atoms with Crippen LogP contribution >= 0.6 is 0 Å². The molecule has 6 heteroatoms. The number of carbonyl (C=O) groups excluding carboxylic acids is 2. The summed E-state index contributed by atoms with van der Waals surface area (Å²) < 4.78 is 0. The molecule has 0 aliphatic rings. The number of aryl methyl sites for hydroxylation is 2. The molecule has 2 rings (SSSR count). The number of anilines is 1. The number of amides is 2. The zero-order chi connectivity index (χ0) is 15.2. The number of rotatable bonds is 5. The van der Waals surface area contributed by atoms with Crippen molar-refractivity contribution in [2.24, 2.45) is 0 Å². The number of hydrogen-bond donors (Lipinski definition) is 3. The topological polar surface area (TPSA) is 86.9 Å². The Morgan fingerprint density at radius 1 is 1.14 bits per heavy atom. The Kier molecular flexibility index (Phi) is 4.71. The van der Waals surface area contributed by atoms with E-state index in [4.69, 9.17) is 0 Å². The summed E-state index contributed by atoms with van der Waals surface area (Å²) in [4.78, 5) is 23.5. The van der Waals surface area contributed by atoms with Gasteiger partial charge in [0.25, 0.3) is 0 Å². The molecule has 21 heavy (non-hydrogen) atoms. The van der Waals surface area contributed by atoms with Crippen molar-refractivity contribution in [2.75, 3.05) is 11.9 Å². The second kappa shape index (κ2) is 6.69. The summed E-state index contributed by atoms with van der Waals surface area (Å²) in [5.41, 5.74) is 3.09. The molecule has 1 aromatic carbocycles. The highest BCUT2D eigenvalue weighted by Gasteiger charge is 2.11. The van der Waals surface area contributed by atoms with Crippen molar-refractivity contribution in [2.45, 2.75) is 20.3 Å². The van der Waals surface area contributed by atoms with Crippen LogP contribution in [0.25, 0.3) is 0 Å². The van der Waals surface area contributed by atoms with E-state index >= 15 is 0 Å². The largest absolute Gasteiger partial charge is 0.347 e. The van der Waals surface area contributed by atoms with E-state index in [1.165, 1.54) is 0 Å². The van der Waals surface area contributed by atoms with Crippen LogP contribution in [0.1, 0.15) is 17.0 Å². The number of aromatic nitrogens is 2. The van der Waals surface area contributed by atoms with Crippen LogP contribution in [-0.2, 0) is 16.0 Å². The summed E-state index contributed by atoms with van der Waals surface area (Å²) in [6.45, 7) is 3.56. The molecule has 0 atom stereocenters. The van der Waals surface area contributed by atoms with E-state index in [1.807, 2.05) is 37.3 Å². The first-order chi connectivity index (χ1) is 10.1. The van der Waals surface area contributed by atoms with E-state index in [0.29, 0.717) is 5.69 Å². The lowest BCUT2D eigenvalue weighted by atomic mass is 10.1. The van der Waals surface area contributed by atoms with Gasteiger partial charge in [-0.3, -0.25) is 14.7 Å². The number of aromatic amines is 1. The maximum atomic E-state index is 11.8. The normalized spacial score (nSPS) is 10.2. The van der Waals surface area contributed by atoms with E-state index in [0.717, 1.165) is 17.0 Å². The number of nitrogens with zero attached hydrogens (tertiary/aromatic N) is 1. The zero-order valence-electron chi connectivity index (χ0n) is 12.1. The van der Waals surface area contributed by atoms with Gasteiger partial charge in [-0.15, -0.1) is 0 Å². The average Bonchev–Trinajstić information content (AvgIpc) is 2.78. The molecule has 2 aromatic rings. The van der Waals surface area contributed by atoms with Gasteiger partial charge in [0.2, 0.25) is 11.8 Å². The molecule has 0 saturated heterocycles. The summed E-state index contributed by atoms with van der Waals surface area (Å²) in [5, 5.41) is 12.1. The molecule has 0 radical (unpaired) electrons. The summed E-state index contributed by atoms with van der Waals surface area (Å²) in [6.07, 6.45) is 0.262. The van der Waals surface area contributed by atoms with Crippen LogP contribution in [0.3, 0.4) is 0 Å². The van der Waals surface area contributed by atoms with E-state index < -0.39 is 0 Å². The molecule has 0 aliphatic carbocycles. The number of hydrogen-bond acceptors (Lipinski definition) is 3. The fourth-order valence-corrected chi connectivity index (χ4v) is 1.94. The minimum Gasteiger partial charge on any atom is -0.347 e. The third kappa shape index (κ3) is 4.17. The Balaban J connectivity index is 1.80. The van der Waals surface area contributed by atoms with Crippen molar-refractivity contribution in [3.8, 4) is 0 Å². The van der Waals surface area contributed by atoms with Crippen molar-refractivity contribution in [3.63, 3.8) is 0 Å². The van der Waals surface area contributed by atoms with Crippen LogP contribution in [-0.4, -0.2) is 28.6 Å². The highest BCUT2D eigenvalue weighted by atomic mass is 16.2. The number of benzene rings is 1. The smallest absolute Gasteiger partial charge is 0.243 e. The predicted molar refractivity (Wildman–Crippen MR) is 79.8 cm³/mol. The molecule has 0 unspecified atom stereocenters. The average molecular weight is 286 g/mol. The lowest BCUT2D eigenvalue weighted by molar-refractivity contribution is -0.123. The molecule has 0 spiro atoms. The van der Waals surface area contributed by atoms with E-state index in [9.17, 15) is 9.59 Å². The lowest BCUT2D eigenvalue weighted by Gasteiger charge is -2.07. The van der Waals surface area contributed by atoms with E-state index in [-0.39, 0.29) is 24.8 Å². The third-order valence-corrected chi connectivity index (χ3v) is 3.05. The standard InChI is InChI=1S/C15H18N4O2/c1-10-15(11(2)19-18-10)17-14(21)9-16-13(20)8-12-6-4-3-5-7-12/h3-7H,8-9H2,1-2H3,(H,16,20)(H,17,21)(H,18,19). The van der Waals surface area contributed by atoms with Gasteiger partial charge in [-0.2, -0.15) is 5.10 Å². The fourth-order valence-electron chi connectivity index (χ4n) is 1.94. The van der Waals surface area contributed by atoms with Gasteiger partial charge in [0, 0.05) is 0 Å². The summed E-state index contributed by atoms with van der Waals surface area (Å²) in [7, 11) is 0. The van der Waals surface area contributed by atoms with Gasteiger partial charge in [-0.25, -0.2) is 0 Å². The lowest BCUT2D eigenvalue weighted by Crippen LogP contribution is -2.33. The van der Waals surface area contributed by atoms with Gasteiger partial charge in [-0.05, 0) is 19.4 Å². The molecule has 110 valence electrons. The summed E-state index contributed by atoms with van der Waals surface area (Å²) in [5.74, 6) is -0.457. The fraction of sp³-hybridized carbons (Fsp3) is 0.267. The van der Waals surface area contributed by atoms with Gasteiger partial charge >= 0.3 is 0 Å². The van der Waals surface area contributed by atoms with Gasteiger partial charge in [0.15, 0.2) is 0 Å². The third-order valence-electron chi connectivity index (χ3n) is 3.05. The summed E-state index contributed by atoms with van der Waals surface area (Å²) in [6, 6.07) is 9.39. The van der Waals surface area contributed by atoms with Crippen molar-refractivity contribution < 1.29 is 9.59 Å². The summed E-state index contributed by atoms with van der Waals surface area (Å²) >= 11 is 0. The van der Waals surface area contributed by atoms with Gasteiger partial charge in [0.1, 0.15) is 0 Å². The highest BCUT2D eigenvalue weighted by molar-refractivity contribution is 5.95. The Bertz CT molecular complexity index is 615. The molecule has 6 nitrogen and oxygen atoms in total. The minimum absolute atomic E-state index is 0.0598. The van der Waals surface area contributed by atoms with Crippen LogP contribution in [0, 0.1) is 13.8 Å². The van der Waals surface area contributed by atoms with Crippen LogP contribution in [0.2, 0.25) is 0 Å². The second-order valence-corrected chi connectivity index (χ2v) is 4.80. The molecular formula is C15H18N4O2. The Morgan fingerprint density at radius 3 is 2.48 bits per heavy atom. The van der Waals surface area contributed by atoms with Crippen LogP contribution < -0.4 is 10.6 Å². The number of nitrogens with one attached hydrogen (secondary N) is 3. The van der Waals surface area contributed by atoms with Crippen LogP contribution in [0.15, 0.2) is 30.3 Å². The Morgan fingerprint density at radius 2 is 1.86 bits per heavy atom. The van der Waals surface area contributed by atoms with Gasteiger partial charge in [0.05, 0.1) is 30.0 Å². The Labute approximate surface area is 122 Å². The highest BCUT2D eigenvalue weighted by Crippen LogP contribution is 2.15. The SMILES string of the molecule is Cc1n[nH]c(C)c1NC(=O)CNC(=O)Cc1ccccc1. The molecular weight excluding hydrogens is 268 g/mol. The van der Waals surface area contributed by atoms with E-state index in [2.05, 4.69) is 20.8 Å². The van der Waals surface area contributed by atoms with Gasteiger partial charge < -0.3 is 10.6 Å². The molecule has 2 amide bonds. The van der Waals surface area contributed by atoms with Crippen molar-refractivity contribution in [3.05, 3.63) is 47.3 Å². The number of carbonyl (C=O) groups is 2. The van der Waals surface area contributed by atoms with Gasteiger partial charge in [-0.1, -0.05) is 30.3 Å². The maximum absolute atomic E-state index is 11.8. The maximum Gasteiger partial charge on any atom is 0.243 e. The van der Waals surface area contributed by atoms with Crippen molar-refractivity contribution in [1.29, 1.82) is 0 Å². The Hall–Kier alpha value is -2.63. The van der Waals surface area contributed by atoms with Crippen molar-refractivity contribution >= 4 is 17.5 Å². The molecule has 1 heterocycles.